The van der Waals surface area contributed by atoms with E-state index in [1.807, 2.05) is 65.8 Å². The summed E-state index contributed by atoms with van der Waals surface area (Å²) in [5.41, 5.74) is 4.02. The molecule has 2 aromatic carbocycles. The normalized spacial score (nSPS) is 11.4. The summed E-state index contributed by atoms with van der Waals surface area (Å²) in [7, 11) is 0. The number of carbonyl (C=O) groups excluding carboxylic acids is 2. The van der Waals surface area contributed by atoms with Gasteiger partial charge < -0.3 is 15.5 Å². The number of anilines is 2. The van der Waals surface area contributed by atoms with Crippen molar-refractivity contribution in [3.05, 3.63) is 69.3 Å². The Morgan fingerprint density at radius 1 is 1.03 bits per heavy atom. The lowest BCUT2D eigenvalue weighted by molar-refractivity contribution is -0.116. The summed E-state index contributed by atoms with van der Waals surface area (Å²) in [5, 5.41) is 11.4. The van der Waals surface area contributed by atoms with Crippen LogP contribution in [0.15, 0.2) is 42.5 Å². The fraction of sp³-hybridized carbons (Fsp3) is 0.393. The van der Waals surface area contributed by atoms with E-state index in [-0.39, 0.29) is 23.9 Å². The van der Waals surface area contributed by atoms with Crippen molar-refractivity contribution in [3.8, 4) is 5.69 Å². The van der Waals surface area contributed by atoms with Crippen LogP contribution in [0.2, 0.25) is 10.0 Å². The predicted octanol–water partition coefficient (Wildman–Crippen LogP) is 7.37. The van der Waals surface area contributed by atoms with Crippen molar-refractivity contribution in [1.82, 2.24) is 14.7 Å². The molecular weight excluding hydrogens is 509 g/mol. The number of nitrogens with one attached hydrogen (secondary N) is 2. The summed E-state index contributed by atoms with van der Waals surface area (Å²) in [6.07, 6.45) is 1.68. The molecule has 0 aliphatic carbocycles. The summed E-state index contributed by atoms with van der Waals surface area (Å²) in [5.74, 6) is 0.160. The lowest BCUT2D eigenvalue weighted by Gasteiger charge is -2.23. The molecule has 1 heterocycles. The molecule has 3 amide bonds. The quantitative estimate of drug-likeness (QED) is 0.311. The molecule has 0 saturated heterocycles. The van der Waals surface area contributed by atoms with Gasteiger partial charge >= 0.3 is 6.03 Å². The van der Waals surface area contributed by atoms with E-state index in [9.17, 15) is 9.59 Å². The number of urea groups is 1. The lowest BCUT2D eigenvalue weighted by Crippen LogP contribution is -2.41. The van der Waals surface area contributed by atoms with Crippen molar-refractivity contribution >= 4 is 46.6 Å². The van der Waals surface area contributed by atoms with Crippen molar-refractivity contribution in [2.24, 2.45) is 0 Å². The number of halogens is 2. The smallest absolute Gasteiger partial charge is 0.315 e. The highest BCUT2D eigenvalue weighted by atomic mass is 35.5. The van der Waals surface area contributed by atoms with Crippen molar-refractivity contribution < 1.29 is 9.59 Å². The first-order valence-corrected chi connectivity index (χ1v) is 13.1. The highest BCUT2D eigenvalue weighted by molar-refractivity contribution is 6.42. The SMILES string of the molecule is CCCCN(CC(=O)Nc1cc(C(C)(C)C)nn1-c1ccc(Cl)c(Cl)c1)C(=O)Nc1cccc(C)c1C. The first-order valence-electron chi connectivity index (χ1n) is 12.4. The summed E-state index contributed by atoms with van der Waals surface area (Å²) < 4.78 is 1.63. The van der Waals surface area contributed by atoms with E-state index < -0.39 is 0 Å². The average molecular weight is 545 g/mol. The number of carbonyl (C=O) groups is 2. The first kappa shape index (κ1) is 28.5. The zero-order valence-corrected chi connectivity index (χ0v) is 23.8. The highest BCUT2D eigenvalue weighted by Gasteiger charge is 2.23. The third kappa shape index (κ3) is 7.27. The van der Waals surface area contributed by atoms with Gasteiger partial charge in [-0.2, -0.15) is 5.10 Å². The zero-order chi connectivity index (χ0) is 27.3. The van der Waals surface area contributed by atoms with E-state index in [0.717, 1.165) is 35.3 Å². The van der Waals surface area contributed by atoms with E-state index in [2.05, 4.69) is 10.6 Å². The third-order valence-electron chi connectivity index (χ3n) is 6.14. The minimum absolute atomic E-state index is 0.103. The summed E-state index contributed by atoms with van der Waals surface area (Å²) in [6.45, 7) is 12.5. The number of nitrogens with zero attached hydrogens (tertiary/aromatic N) is 3. The van der Waals surface area contributed by atoms with Gasteiger partial charge in [-0.3, -0.25) is 4.79 Å². The van der Waals surface area contributed by atoms with Gasteiger partial charge in [-0.25, -0.2) is 9.48 Å². The van der Waals surface area contributed by atoms with Crippen molar-refractivity contribution in [3.63, 3.8) is 0 Å². The maximum Gasteiger partial charge on any atom is 0.322 e. The van der Waals surface area contributed by atoms with Crippen LogP contribution >= 0.6 is 23.2 Å². The Hall–Kier alpha value is -3.03. The number of benzene rings is 2. The number of aryl methyl sites for hydroxylation is 1. The molecule has 2 N–H and O–H groups in total. The largest absolute Gasteiger partial charge is 0.322 e. The van der Waals surface area contributed by atoms with Crippen LogP contribution in [0, 0.1) is 13.8 Å². The number of amides is 3. The number of hydrogen-bond acceptors (Lipinski definition) is 3. The molecule has 0 saturated carbocycles. The fourth-order valence-electron chi connectivity index (χ4n) is 3.69. The van der Waals surface area contributed by atoms with E-state index in [4.69, 9.17) is 28.3 Å². The van der Waals surface area contributed by atoms with E-state index in [1.54, 1.807) is 22.9 Å². The second-order valence-corrected chi connectivity index (χ2v) is 11.0. The lowest BCUT2D eigenvalue weighted by atomic mass is 9.92. The second kappa shape index (κ2) is 12.0. The monoisotopic (exact) mass is 543 g/mol. The van der Waals surface area contributed by atoms with Crippen molar-refractivity contribution in [2.75, 3.05) is 23.7 Å². The maximum absolute atomic E-state index is 13.2. The summed E-state index contributed by atoms with van der Waals surface area (Å²) in [4.78, 5) is 27.9. The van der Waals surface area contributed by atoms with Gasteiger partial charge in [0, 0.05) is 23.7 Å². The topological polar surface area (TPSA) is 79.3 Å². The van der Waals surface area contributed by atoms with Gasteiger partial charge in [0.25, 0.3) is 0 Å². The van der Waals surface area contributed by atoms with Crippen molar-refractivity contribution in [1.29, 1.82) is 0 Å². The van der Waals surface area contributed by atoms with Crippen LogP contribution in [0.25, 0.3) is 5.69 Å². The minimum Gasteiger partial charge on any atom is -0.315 e. The Balaban J connectivity index is 1.84. The number of aromatic nitrogens is 2. The Kier molecular flexibility index (Phi) is 9.26. The van der Waals surface area contributed by atoms with Gasteiger partial charge in [-0.1, -0.05) is 69.5 Å². The minimum atomic E-state index is -0.325. The van der Waals surface area contributed by atoms with Crippen LogP contribution in [-0.4, -0.2) is 39.7 Å². The molecule has 3 aromatic rings. The van der Waals surface area contributed by atoms with Crippen LogP contribution in [-0.2, 0) is 10.2 Å². The molecule has 0 aliphatic rings. The predicted molar refractivity (Wildman–Crippen MR) is 152 cm³/mol. The van der Waals surface area contributed by atoms with E-state index in [0.29, 0.717) is 28.1 Å². The highest BCUT2D eigenvalue weighted by Crippen LogP contribution is 2.29. The second-order valence-electron chi connectivity index (χ2n) is 10.2. The molecule has 0 atom stereocenters. The van der Waals surface area contributed by atoms with Gasteiger partial charge in [0.05, 0.1) is 21.4 Å². The number of hydrogen-bond donors (Lipinski definition) is 2. The van der Waals surface area contributed by atoms with Gasteiger partial charge in [0.15, 0.2) is 0 Å². The fourth-order valence-corrected chi connectivity index (χ4v) is 3.98. The molecule has 0 fully saturated rings. The first-order chi connectivity index (χ1) is 17.4. The molecule has 3 rings (SSSR count). The van der Waals surface area contributed by atoms with Crippen molar-refractivity contribution in [2.45, 2.75) is 59.8 Å². The molecule has 0 bridgehead atoms. The van der Waals surface area contributed by atoms with Crippen LogP contribution < -0.4 is 10.6 Å². The molecule has 0 spiro atoms. The Morgan fingerprint density at radius 2 is 1.76 bits per heavy atom. The van der Waals surface area contributed by atoms with Crippen LogP contribution in [0.5, 0.6) is 0 Å². The summed E-state index contributed by atoms with van der Waals surface area (Å²) >= 11 is 12.3. The summed E-state index contributed by atoms with van der Waals surface area (Å²) in [6, 6.07) is 12.5. The molecule has 0 aliphatic heterocycles. The van der Waals surface area contributed by atoms with Gasteiger partial charge in [-0.15, -0.1) is 0 Å². The molecule has 1 aromatic heterocycles. The van der Waals surface area contributed by atoms with Gasteiger partial charge in [0.2, 0.25) is 5.91 Å². The van der Waals surface area contributed by atoms with Gasteiger partial charge in [0.1, 0.15) is 12.4 Å². The van der Waals surface area contributed by atoms with E-state index in [1.165, 1.54) is 4.90 Å². The average Bonchev–Trinajstić information content (AvgIpc) is 3.25. The maximum atomic E-state index is 13.2. The molecule has 0 radical (unpaired) electrons. The molecule has 9 heteroatoms. The molecule has 7 nitrogen and oxygen atoms in total. The standard InChI is InChI=1S/C28H35Cl2N5O2/c1-7-8-14-34(27(37)31-23-11-9-10-18(2)19(23)3)17-26(36)32-25-16-24(28(4,5)6)33-35(25)20-12-13-21(29)22(30)15-20/h9-13,15-16H,7-8,14,17H2,1-6H3,(H,31,37)(H,32,36). The number of unbranched alkanes of at least 4 members (excludes halogenated alkanes) is 1. The Labute approximate surface area is 229 Å². The third-order valence-corrected chi connectivity index (χ3v) is 6.88. The zero-order valence-electron chi connectivity index (χ0n) is 22.3. The van der Waals surface area contributed by atoms with Crippen LogP contribution in [0.1, 0.15) is 57.4 Å². The molecule has 37 heavy (non-hydrogen) atoms. The Morgan fingerprint density at radius 3 is 2.41 bits per heavy atom. The molecule has 198 valence electrons. The number of rotatable bonds is 8. The van der Waals surface area contributed by atoms with Crippen LogP contribution in [0.4, 0.5) is 16.3 Å². The van der Waals surface area contributed by atoms with Gasteiger partial charge in [-0.05, 0) is 55.7 Å². The molecule has 0 unspecified atom stereocenters. The Bertz CT molecular complexity index is 1280. The van der Waals surface area contributed by atoms with E-state index >= 15 is 0 Å². The molecular formula is C28H35Cl2N5O2. The van der Waals surface area contributed by atoms with Crippen LogP contribution in [0.3, 0.4) is 0 Å².